The molecule has 1 fully saturated rings. The third kappa shape index (κ3) is 5.10. The fraction of sp³-hybridized carbons (Fsp3) is 0.280. The molecule has 1 aliphatic rings. The lowest BCUT2D eigenvalue weighted by Crippen LogP contribution is -2.29. The topological polar surface area (TPSA) is 89.1 Å². The summed E-state index contributed by atoms with van der Waals surface area (Å²) in [5.41, 5.74) is 3.86. The van der Waals surface area contributed by atoms with Crippen molar-refractivity contribution in [3.8, 4) is 5.69 Å². The molecule has 1 amide bonds. The molecule has 0 radical (unpaired) electrons. The van der Waals surface area contributed by atoms with Gasteiger partial charge in [0, 0.05) is 39.8 Å². The van der Waals surface area contributed by atoms with Crippen molar-refractivity contribution < 1.29 is 9.90 Å². The third-order valence-corrected chi connectivity index (χ3v) is 7.39. The highest BCUT2D eigenvalue weighted by Gasteiger charge is 2.31. The molecule has 0 aliphatic carbocycles. The summed E-state index contributed by atoms with van der Waals surface area (Å²) in [5.74, 6) is 0.0148. The Morgan fingerprint density at radius 2 is 2.00 bits per heavy atom. The van der Waals surface area contributed by atoms with E-state index >= 15 is 0 Å². The van der Waals surface area contributed by atoms with E-state index in [2.05, 4.69) is 47.3 Å². The molecular formula is C25H24Br2N6O2. The lowest BCUT2D eigenvalue weighted by atomic mass is 10.1. The molecule has 3 heterocycles. The predicted molar refractivity (Wildman–Crippen MR) is 138 cm³/mol. The quantitative estimate of drug-likeness (QED) is 0.348. The van der Waals surface area contributed by atoms with Crippen LogP contribution in [0.1, 0.15) is 45.9 Å². The zero-order valence-corrected chi connectivity index (χ0v) is 22.2. The lowest BCUT2D eigenvalue weighted by molar-refractivity contribution is 0.0784. The van der Waals surface area contributed by atoms with Gasteiger partial charge in [-0.15, -0.1) is 5.10 Å². The summed E-state index contributed by atoms with van der Waals surface area (Å²) in [4.78, 5) is 15.0. The van der Waals surface area contributed by atoms with E-state index in [1.54, 1.807) is 9.36 Å². The maximum Gasteiger partial charge on any atom is 0.274 e. The molecule has 0 saturated carbocycles. The van der Waals surface area contributed by atoms with Crippen molar-refractivity contribution in [2.45, 2.75) is 31.9 Å². The lowest BCUT2D eigenvalue weighted by Gasteiger charge is -2.14. The van der Waals surface area contributed by atoms with Crippen LogP contribution in [0, 0.1) is 6.92 Å². The Balaban J connectivity index is 1.24. The van der Waals surface area contributed by atoms with Crippen LogP contribution in [0.25, 0.3) is 5.69 Å². The highest BCUT2D eigenvalue weighted by molar-refractivity contribution is 9.10. The number of aromatic nitrogens is 5. The summed E-state index contributed by atoms with van der Waals surface area (Å²) in [6.45, 7) is 3.45. The number of rotatable bonds is 6. The first kappa shape index (κ1) is 23.9. The molecule has 1 N–H and O–H groups in total. The molecule has 2 atom stereocenters. The number of aliphatic hydroxyl groups is 1. The molecule has 1 aliphatic heterocycles. The maximum atomic E-state index is 13.2. The Labute approximate surface area is 219 Å². The monoisotopic (exact) mass is 598 g/mol. The number of hydrogen-bond acceptors (Lipinski definition) is 5. The second-order valence-electron chi connectivity index (χ2n) is 8.71. The van der Waals surface area contributed by atoms with E-state index < -0.39 is 6.10 Å². The van der Waals surface area contributed by atoms with Gasteiger partial charge in [0.1, 0.15) is 0 Å². The van der Waals surface area contributed by atoms with Gasteiger partial charge in [-0.2, -0.15) is 5.10 Å². The second-order valence-corrected chi connectivity index (χ2v) is 10.5. The van der Waals surface area contributed by atoms with E-state index in [0.29, 0.717) is 25.3 Å². The number of aliphatic hydroxyl groups excluding tert-OH is 1. The van der Waals surface area contributed by atoms with Crippen LogP contribution < -0.4 is 0 Å². The zero-order chi connectivity index (χ0) is 24.5. The molecule has 35 heavy (non-hydrogen) atoms. The number of para-hydroxylation sites is 1. The van der Waals surface area contributed by atoms with Gasteiger partial charge in [0.05, 0.1) is 24.0 Å². The molecule has 5 rings (SSSR count). The van der Waals surface area contributed by atoms with Gasteiger partial charge in [-0.3, -0.25) is 4.79 Å². The van der Waals surface area contributed by atoms with Gasteiger partial charge in [-0.1, -0.05) is 45.4 Å². The summed E-state index contributed by atoms with van der Waals surface area (Å²) in [5, 5.41) is 23.7. The summed E-state index contributed by atoms with van der Waals surface area (Å²) in [7, 11) is 0. The molecule has 0 bridgehead atoms. The number of benzene rings is 2. The SMILES string of the molecule is Cc1cc(C(=O)N2CCC(c3cn(C[C@@H](O)c4cccc(Br)c4)nn3)C2)nn1-c1ccccc1Br. The van der Waals surface area contributed by atoms with Gasteiger partial charge in [-0.25, -0.2) is 9.36 Å². The van der Waals surface area contributed by atoms with Crippen LogP contribution in [0.15, 0.2) is 69.7 Å². The van der Waals surface area contributed by atoms with Gasteiger partial charge in [0.15, 0.2) is 5.69 Å². The third-order valence-electron chi connectivity index (χ3n) is 6.23. The van der Waals surface area contributed by atoms with Crippen molar-refractivity contribution in [1.29, 1.82) is 0 Å². The van der Waals surface area contributed by atoms with Gasteiger partial charge < -0.3 is 10.0 Å². The standard InChI is InChI=1S/C25H24Br2N6O2/c1-16-11-21(29-33(16)23-8-3-2-7-20(23)27)25(35)31-10-9-18(13-31)22-14-32(30-28-22)15-24(34)17-5-4-6-19(26)12-17/h2-8,11-12,14,18,24,34H,9-10,13,15H2,1H3/t18?,24-/m1/s1. The summed E-state index contributed by atoms with van der Waals surface area (Å²) in [6.07, 6.45) is 1.99. The minimum absolute atomic E-state index is 0.0844. The van der Waals surface area contributed by atoms with E-state index in [1.807, 2.05) is 72.6 Å². The first-order chi connectivity index (χ1) is 16.9. The first-order valence-corrected chi connectivity index (χ1v) is 12.9. The van der Waals surface area contributed by atoms with E-state index in [0.717, 1.165) is 38.0 Å². The molecule has 180 valence electrons. The number of aryl methyl sites for hydroxylation is 1. The Bertz CT molecular complexity index is 1370. The number of carbonyl (C=O) groups excluding carboxylic acids is 1. The average molecular weight is 600 g/mol. The fourth-order valence-corrected chi connectivity index (χ4v) is 5.25. The summed E-state index contributed by atoms with van der Waals surface area (Å²) >= 11 is 6.99. The predicted octanol–water partition coefficient (Wildman–Crippen LogP) is 4.66. The number of halogens is 2. The number of amides is 1. The van der Waals surface area contributed by atoms with Gasteiger partial charge in [-0.05, 0) is 65.2 Å². The number of nitrogens with zero attached hydrogens (tertiary/aromatic N) is 6. The van der Waals surface area contributed by atoms with Gasteiger partial charge >= 0.3 is 0 Å². The Morgan fingerprint density at radius 3 is 2.80 bits per heavy atom. The van der Waals surface area contributed by atoms with Crippen LogP contribution in [0.3, 0.4) is 0 Å². The number of likely N-dealkylation sites (tertiary alicyclic amines) is 1. The molecular weight excluding hydrogens is 576 g/mol. The summed E-state index contributed by atoms with van der Waals surface area (Å²) < 4.78 is 5.28. The van der Waals surface area contributed by atoms with E-state index in [-0.39, 0.29) is 11.8 Å². The smallest absolute Gasteiger partial charge is 0.274 e. The number of hydrogen-bond donors (Lipinski definition) is 1. The van der Waals surface area contributed by atoms with Crippen LogP contribution >= 0.6 is 31.9 Å². The minimum Gasteiger partial charge on any atom is -0.386 e. The Morgan fingerprint density at radius 1 is 1.17 bits per heavy atom. The molecule has 2 aromatic heterocycles. The molecule has 8 nitrogen and oxygen atoms in total. The van der Waals surface area contributed by atoms with Crippen molar-refractivity contribution in [3.05, 3.63) is 92.4 Å². The Kier molecular flexibility index (Phi) is 6.86. The van der Waals surface area contributed by atoms with Crippen molar-refractivity contribution >= 4 is 37.8 Å². The summed E-state index contributed by atoms with van der Waals surface area (Å²) in [6, 6.07) is 17.2. The minimum atomic E-state index is -0.688. The van der Waals surface area contributed by atoms with Gasteiger partial charge in [0.25, 0.3) is 5.91 Å². The number of carbonyl (C=O) groups is 1. The second kappa shape index (κ2) is 10.0. The van der Waals surface area contributed by atoms with Crippen molar-refractivity contribution in [2.24, 2.45) is 0 Å². The van der Waals surface area contributed by atoms with E-state index in [9.17, 15) is 9.90 Å². The van der Waals surface area contributed by atoms with Crippen LogP contribution in [0.5, 0.6) is 0 Å². The molecule has 2 aromatic carbocycles. The molecule has 1 saturated heterocycles. The largest absolute Gasteiger partial charge is 0.386 e. The van der Waals surface area contributed by atoms with Crippen LogP contribution in [0.2, 0.25) is 0 Å². The maximum absolute atomic E-state index is 13.2. The fourth-order valence-electron chi connectivity index (χ4n) is 4.38. The normalized spacial score (nSPS) is 16.6. The molecule has 1 unspecified atom stereocenters. The van der Waals surface area contributed by atoms with Crippen LogP contribution in [-0.2, 0) is 6.54 Å². The van der Waals surface area contributed by atoms with Crippen molar-refractivity contribution in [1.82, 2.24) is 29.7 Å². The van der Waals surface area contributed by atoms with Crippen LogP contribution in [0.4, 0.5) is 0 Å². The van der Waals surface area contributed by atoms with E-state index in [4.69, 9.17) is 0 Å². The highest BCUT2D eigenvalue weighted by Crippen LogP contribution is 2.28. The van der Waals surface area contributed by atoms with Crippen molar-refractivity contribution in [3.63, 3.8) is 0 Å². The van der Waals surface area contributed by atoms with Crippen molar-refractivity contribution in [2.75, 3.05) is 13.1 Å². The highest BCUT2D eigenvalue weighted by atomic mass is 79.9. The zero-order valence-electron chi connectivity index (χ0n) is 19.1. The van der Waals surface area contributed by atoms with Crippen LogP contribution in [-0.4, -0.2) is 53.8 Å². The first-order valence-electron chi connectivity index (χ1n) is 11.3. The average Bonchev–Trinajstić information content (AvgIpc) is 3.59. The molecule has 0 spiro atoms. The molecule has 10 heteroatoms. The van der Waals surface area contributed by atoms with E-state index in [1.165, 1.54) is 0 Å². The molecule has 4 aromatic rings. The van der Waals surface area contributed by atoms with Gasteiger partial charge in [0.2, 0.25) is 0 Å². The Hall–Kier alpha value is -2.82.